The largest absolute Gasteiger partial charge is 0.298 e. The first-order valence-electron chi connectivity index (χ1n) is 5.44. The van der Waals surface area contributed by atoms with E-state index in [1.54, 1.807) is 0 Å². The Morgan fingerprint density at radius 2 is 1.75 bits per heavy atom. The zero-order chi connectivity index (χ0) is 11.8. The summed E-state index contributed by atoms with van der Waals surface area (Å²) in [5.41, 5.74) is 0.0447. The second-order valence-corrected chi connectivity index (χ2v) is 5.25. The van der Waals surface area contributed by atoms with Crippen LogP contribution in [-0.4, -0.2) is 11.6 Å². The fourth-order valence-corrected chi connectivity index (χ4v) is 3.35. The summed E-state index contributed by atoms with van der Waals surface area (Å²) in [5, 5.41) is 0. The van der Waals surface area contributed by atoms with Gasteiger partial charge in [-0.25, -0.2) is 0 Å². The minimum Gasteiger partial charge on any atom is -0.298 e. The molecule has 0 spiro atoms. The standard InChI is InChI=1S/C13H13IO2/c1-2-13(11(15)7-8-12(13)16)9-5-3-4-6-10(9)14/h3-6H,2,7-8H2,1H3. The summed E-state index contributed by atoms with van der Waals surface area (Å²) >= 11 is 2.20. The van der Waals surface area contributed by atoms with Crippen LogP contribution in [0.3, 0.4) is 0 Å². The van der Waals surface area contributed by atoms with E-state index in [9.17, 15) is 9.59 Å². The molecule has 0 bridgehead atoms. The monoisotopic (exact) mass is 328 g/mol. The zero-order valence-electron chi connectivity index (χ0n) is 9.13. The van der Waals surface area contributed by atoms with E-state index in [0.29, 0.717) is 19.3 Å². The number of Topliss-reactive ketones (excluding diaryl/α,β-unsaturated/α-hetero) is 2. The molecule has 0 amide bonds. The van der Waals surface area contributed by atoms with Crippen LogP contribution in [-0.2, 0) is 15.0 Å². The number of rotatable bonds is 2. The van der Waals surface area contributed by atoms with E-state index in [2.05, 4.69) is 22.6 Å². The summed E-state index contributed by atoms with van der Waals surface area (Å²) in [6.45, 7) is 1.92. The summed E-state index contributed by atoms with van der Waals surface area (Å²) in [6.07, 6.45) is 1.37. The van der Waals surface area contributed by atoms with Crippen LogP contribution in [0.2, 0.25) is 0 Å². The highest BCUT2D eigenvalue weighted by atomic mass is 127. The molecular weight excluding hydrogens is 315 g/mol. The second kappa shape index (κ2) is 4.28. The SMILES string of the molecule is CCC1(c2ccccc2I)C(=O)CCC1=O. The molecule has 0 saturated heterocycles. The minimum absolute atomic E-state index is 0.0871. The van der Waals surface area contributed by atoms with Crippen LogP contribution >= 0.6 is 22.6 Å². The fourth-order valence-electron chi connectivity index (χ4n) is 2.50. The number of carbonyl (C=O) groups is 2. The molecule has 0 unspecified atom stereocenters. The summed E-state index contributed by atoms with van der Waals surface area (Å²) in [6, 6.07) is 7.69. The molecule has 0 radical (unpaired) electrons. The van der Waals surface area contributed by atoms with Gasteiger partial charge in [-0.2, -0.15) is 0 Å². The molecule has 0 heterocycles. The Morgan fingerprint density at radius 1 is 1.19 bits per heavy atom. The summed E-state index contributed by atoms with van der Waals surface area (Å²) in [7, 11) is 0. The van der Waals surface area contributed by atoms with Gasteiger partial charge in [0.1, 0.15) is 5.41 Å². The van der Waals surface area contributed by atoms with Crippen molar-refractivity contribution in [2.75, 3.05) is 0 Å². The van der Waals surface area contributed by atoms with Crippen LogP contribution in [0.1, 0.15) is 31.7 Å². The lowest BCUT2D eigenvalue weighted by Gasteiger charge is -2.25. The van der Waals surface area contributed by atoms with Gasteiger partial charge in [0.25, 0.3) is 0 Å². The maximum atomic E-state index is 12.1. The predicted molar refractivity (Wildman–Crippen MR) is 70.4 cm³/mol. The highest BCUT2D eigenvalue weighted by Crippen LogP contribution is 2.40. The van der Waals surface area contributed by atoms with Crippen molar-refractivity contribution in [3.8, 4) is 0 Å². The molecule has 0 atom stereocenters. The number of halogens is 1. The van der Waals surface area contributed by atoms with Gasteiger partial charge in [0.05, 0.1) is 0 Å². The summed E-state index contributed by atoms with van der Waals surface area (Å²) < 4.78 is 1.01. The van der Waals surface area contributed by atoms with E-state index < -0.39 is 5.41 Å². The average Bonchev–Trinajstić information content (AvgIpc) is 2.57. The van der Waals surface area contributed by atoms with E-state index >= 15 is 0 Å². The Kier molecular flexibility index (Phi) is 3.15. The predicted octanol–water partition coefficient (Wildman–Crippen LogP) is 2.87. The molecule has 1 aliphatic carbocycles. The maximum absolute atomic E-state index is 12.1. The molecule has 0 aromatic heterocycles. The molecule has 1 fully saturated rings. The van der Waals surface area contributed by atoms with Crippen molar-refractivity contribution in [1.82, 2.24) is 0 Å². The molecule has 1 aromatic rings. The van der Waals surface area contributed by atoms with E-state index in [0.717, 1.165) is 9.13 Å². The van der Waals surface area contributed by atoms with Crippen molar-refractivity contribution in [2.24, 2.45) is 0 Å². The van der Waals surface area contributed by atoms with Crippen molar-refractivity contribution in [3.05, 3.63) is 33.4 Å². The van der Waals surface area contributed by atoms with E-state index in [-0.39, 0.29) is 11.6 Å². The van der Waals surface area contributed by atoms with Crippen molar-refractivity contribution in [1.29, 1.82) is 0 Å². The highest BCUT2D eigenvalue weighted by molar-refractivity contribution is 14.1. The van der Waals surface area contributed by atoms with Gasteiger partial charge >= 0.3 is 0 Å². The Balaban J connectivity index is 2.63. The van der Waals surface area contributed by atoms with Crippen molar-refractivity contribution >= 4 is 34.2 Å². The first-order valence-corrected chi connectivity index (χ1v) is 6.52. The Morgan fingerprint density at radius 3 is 2.25 bits per heavy atom. The third kappa shape index (κ3) is 1.52. The maximum Gasteiger partial charge on any atom is 0.151 e. The van der Waals surface area contributed by atoms with Gasteiger partial charge < -0.3 is 0 Å². The molecule has 1 saturated carbocycles. The van der Waals surface area contributed by atoms with Gasteiger partial charge in [0, 0.05) is 16.4 Å². The Bertz CT molecular complexity index is 435. The van der Waals surface area contributed by atoms with Crippen molar-refractivity contribution in [2.45, 2.75) is 31.6 Å². The molecular formula is C13H13IO2. The lowest BCUT2D eigenvalue weighted by molar-refractivity contribution is -0.129. The number of carbonyl (C=O) groups excluding carboxylic acids is 2. The van der Waals surface area contributed by atoms with Gasteiger partial charge in [0.2, 0.25) is 0 Å². The molecule has 84 valence electrons. The second-order valence-electron chi connectivity index (χ2n) is 4.09. The van der Waals surface area contributed by atoms with Crippen LogP contribution in [0.25, 0.3) is 0 Å². The molecule has 1 aromatic carbocycles. The zero-order valence-corrected chi connectivity index (χ0v) is 11.3. The number of hydrogen-bond acceptors (Lipinski definition) is 2. The van der Waals surface area contributed by atoms with Gasteiger partial charge in [0.15, 0.2) is 11.6 Å². The Hall–Kier alpha value is -0.710. The van der Waals surface area contributed by atoms with Gasteiger partial charge in [-0.05, 0) is 40.6 Å². The Labute approximate surface area is 109 Å². The van der Waals surface area contributed by atoms with Crippen molar-refractivity contribution in [3.63, 3.8) is 0 Å². The number of hydrogen-bond donors (Lipinski definition) is 0. The van der Waals surface area contributed by atoms with Gasteiger partial charge in [-0.1, -0.05) is 25.1 Å². The van der Waals surface area contributed by atoms with Crippen LogP contribution in [0.15, 0.2) is 24.3 Å². The first kappa shape index (κ1) is 11.8. The van der Waals surface area contributed by atoms with Gasteiger partial charge in [-0.15, -0.1) is 0 Å². The fraction of sp³-hybridized carbons (Fsp3) is 0.385. The minimum atomic E-state index is -0.849. The number of ketones is 2. The van der Waals surface area contributed by atoms with E-state index in [1.807, 2.05) is 31.2 Å². The van der Waals surface area contributed by atoms with Crippen LogP contribution in [0.5, 0.6) is 0 Å². The summed E-state index contributed by atoms with van der Waals surface area (Å²) in [4.78, 5) is 24.1. The van der Waals surface area contributed by atoms with Crippen LogP contribution in [0.4, 0.5) is 0 Å². The molecule has 16 heavy (non-hydrogen) atoms. The number of benzene rings is 1. The smallest absolute Gasteiger partial charge is 0.151 e. The molecule has 1 aliphatic rings. The third-order valence-electron chi connectivity index (χ3n) is 3.40. The first-order chi connectivity index (χ1) is 7.63. The summed E-state index contributed by atoms with van der Waals surface area (Å²) in [5.74, 6) is 0.174. The lowest BCUT2D eigenvalue weighted by Crippen LogP contribution is -2.37. The molecule has 3 heteroatoms. The van der Waals surface area contributed by atoms with E-state index in [4.69, 9.17) is 0 Å². The molecule has 2 rings (SSSR count). The molecule has 0 aliphatic heterocycles. The van der Waals surface area contributed by atoms with Crippen LogP contribution < -0.4 is 0 Å². The normalized spacial score (nSPS) is 19.1. The van der Waals surface area contributed by atoms with Gasteiger partial charge in [-0.3, -0.25) is 9.59 Å². The quantitative estimate of drug-likeness (QED) is 0.618. The topological polar surface area (TPSA) is 34.1 Å². The molecule has 0 N–H and O–H groups in total. The van der Waals surface area contributed by atoms with E-state index in [1.165, 1.54) is 0 Å². The van der Waals surface area contributed by atoms with Crippen molar-refractivity contribution < 1.29 is 9.59 Å². The average molecular weight is 328 g/mol. The highest BCUT2D eigenvalue weighted by Gasteiger charge is 2.49. The van der Waals surface area contributed by atoms with Crippen LogP contribution in [0, 0.1) is 3.57 Å². The lowest BCUT2D eigenvalue weighted by atomic mass is 9.75. The third-order valence-corrected chi connectivity index (χ3v) is 4.34. The molecule has 2 nitrogen and oxygen atoms in total.